The fraction of sp³-hybridized carbons (Fsp3) is 0.357. The summed E-state index contributed by atoms with van der Waals surface area (Å²) in [5, 5.41) is 6.83. The Balaban J connectivity index is 2.16. The molecule has 0 unspecified atom stereocenters. The van der Waals surface area contributed by atoms with E-state index in [0.29, 0.717) is 5.69 Å². The van der Waals surface area contributed by atoms with Gasteiger partial charge in [0.15, 0.2) is 5.69 Å². The number of carbonyl (C=O) groups excluding carboxylic acids is 1. The molecule has 0 atom stereocenters. The summed E-state index contributed by atoms with van der Waals surface area (Å²) in [4.78, 5) is 11.0. The normalized spacial score (nSPS) is 11.6. The standard InChI is InChI=1S/C14H14F3N3O/c1-2-3-4-10-5-7-11(8-6-10)20-9-12(18-19-20)13(21)14(15,16)17/h5-9H,2-4H2,1H3. The molecule has 2 aromatic rings. The Kier molecular flexibility index (Phi) is 4.40. The molecule has 7 heteroatoms. The predicted octanol–water partition coefficient (Wildman–Crippen LogP) is 3.35. The molecule has 0 saturated carbocycles. The van der Waals surface area contributed by atoms with E-state index in [1.807, 2.05) is 12.1 Å². The number of alkyl halides is 3. The summed E-state index contributed by atoms with van der Waals surface area (Å²) >= 11 is 0. The van der Waals surface area contributed by atoms with Crippen LogP contribution in [0.5, 0.6) is 0 Å². The molecule has 112 valence electrons. The van der Waals surface area contributed by atoms with Gasteiger partial charge in [-0.3, -0.25) is 4.79 Å². The molecule has 0 spiro atoms. The lowest BCUT2D eigenvalue weighted by Gasteiger charge is -2.03. The van der Waals surface area contributed by atoms with Gasteiger partial charge in [-0.1, -0.05) is 30.7 Å². The van der Waals surface area contributed by atoms with Crippen LogP contribution in [0.4, 0.5) is 13.2 Å². The molecule has 21 heavy (non-hydrogen) atoms. The highest BCUT2D eigenvalue weighted by molar-refractivity contribution is 5.98. The van der Waals surface area contributed by atoms with Crippen molar-refractivity contribution in [3.63, 3.8) is 0 Å². The number of benzene rings is 1. The van der Waals surface area contributed by atoms with Gasteiger partial charge < -0.3 is 0 Å². The zero-order chi connectivity index (χ0) is 15.5. The fourth-order valence-corrected chi connectivity index (χ4v) is 1.84. The van der Waals surface area contributed by atoms with E-state index in [1.54, 1.807) is 12.1 Å². The van der Waals surface area contributed by atoms with Gasteiger partial charge in [0.1, 0.15) is 0 Å². The van der Waals surface area contributed by atoms with Crippen LogP contribution in [-0.4, -0.2) is 27.0 Å². The van der Waals surface area contributed by atoms with Crippen LogP contribution in [0.15, 0.2) is 30.5 Å². The highest BCUT2D eigenvalue weighted by Crippen LogP contribution is 2.20. The van der Waals surface area contributed by atoms with Gasteiger partial charge in [0.05, 0.1) is 11.9 Å². The molecule has 0 radical (unpaired) electrons. The first-order chi connectivity index (χ1) is 9.91. The SMILES string of the molecule is CCCCc1ccc(-n2cc(C(=O)C(F)(F)F)nn2)cc1. The first-order valence-corrected chi connectivity index (χ1v) is 6.55. The molecule has 0 N–H and O–H groups in total. The number of aromatic nitrogens is 3. The van der Waals surface area contributed by atoms with Crippen molar-refractivity contribution in [3.05, 3.63) is 41.7 Å². The van der Waals surface area contributed by atoms with Crippen LogP contribution in [0, 0.1) is 0 Å². The van der Waals surface area contributed by atoms with E-state index in [-0.39, 0.29) is 0 Å². The van der Waals surface area contributed by atoms with Gasteiger partial charge in [-0.15, -0.1) is 5.10 Å². The van der Waals surface area contributed by atoms with Gasteiger partial charge in [-0.25, -0.2) is 4.68 Å². The highest BCUT2D eigenvalue weighted by Gasteiger charge is 2.41. The molecule has 0 amide bonds. The van der Waals surface area contributed by atoms with Crippen molar-refractivity contribution in [1.82, 2.24) is 15.0 Å². The summed E-state index contributed by atoms with van der Waals surface area (Å²) in [5.41, 5.74) is 0.994. The van der Waals surface area contributed by atoms with Gasteiger partial charge >= 0.3 is 6.18 Å². The highest BCUT2D eigenvalue weighted by atomic mass is 19.4. The molecule has 1 heterocycles. The van der Waals surface area contributed by atoms with Gasteiger partial charge in [0.25, 0.3) is 5.78 Å². The van der Waals surface area contributed by atoms with Crippen molar-refractivity contribution >= 4 is 5.78 Å². The van der Waals surface area contributed by atoms with E-state index in [4.69, 9.17) is 0 Å². The summed E-state index contributed by atoms with van der Waals surface area (Å²) in [7, 11) is 0. The van der Waals surface area contributed by atoms with Crippen LogP contribution in [-0.2, 0) is 6.42 Å². The molecule has 0 saturated heterocycles. The number of aryl methyl sites for hydroxylation is 1. The molecule has 0 aliphatic heterocycles. The number of unbranched alkanes of at least 4 members (excludes halogenated alkanes) is 1. The van der Waals surface area contributed by atoms with Gasteiger partial charge in [0, 0.05) is 0 Å². The maximum atomic E-state index is 12.3. The molecule has 0 bridgehead atoms. The summed E-state index contributed by atoms with van der Waals surface area (Å²) in [6.45, 7) is 2.10. The third-order valence-corrected chi connectivity index (χ3v) is 3.00. The number of nitrogens with zero attached hydrogens (tertiary/aromatic N) is 3. The Bertz CT molecular complexity index is 617. The number of ketones is 1. The fourth-order valence-electron chi connectivity index (χ4n) is 1.84. The number of hydrogen-bond donors (Lipinski definition) is 0. The molecule has 0 fully saturated rings. The van der Waals surface area contributed by atoms with E-state index in [2.05, 4.69) is 17.2 Å². The molecular formula is C14H14F3N3O. The minimum absolute atomic E-state index is 0.559. The zero-order valence-corrected chi connectivity index (χ0v) is 11.4. The van der Waals surface area contributed by atoms with Gasteiger partial charge in [-0.2, -0.15) is 13.2 Å². The largest absolute Gasteiger partial charge is 0.456 e. The molecule has 2 rings (SSSR count). The first kappa shape index (κ1) is 15.2. The van der Waals surface area contributed by atoms with Crippen molar-refractivity contribution in [2.45, 2.75) is 32.4 Å². The number of Topliss-reactive ketones (excluding diaryl/α,β-unsaturated/α-hetero) is 1. The molecule has 1 aromatic heterocycles. The number of rotatable bonds is 5. The topological polar surface area (TPSA) is 47.8 Å². The van der Waals surface area contributed by atoms with Crippen LogP contribution in [0.1, 0.15) is 35.8 Å². The lowest BCUT2D eigenvalue weighted by atomic mass is 10.1. The van der Waals surface area contributed by atoms with Crippen LogP contribution in [0.25, 0.3) is 5.69 Å². The average Bonchev–Trinajstić information content (AvgIpc) is 2.93. The smallest absolute Gasteiger partial charge is 0.282 e. The van der Waals surface area contributed by atoms with E-state index < -0.39 is 17.7 Å². The Morgan fingerprint density at radius 3 is 2.48 bits per heavy atom. The Morgan fingerprint density at radius 2 is 1.90 bits per heavy atom. The van der Waals surface area contributed by atoms with E-state index in [0.717, 1.165) is 35.7 Å². The zero-order valence-electron chi connectivity index (χ0n) is 11.4. The second-order valence-corrected chi connectivity index (χ2v) is 4.65. The summed E-state index contributed by atoms with van der Waals surface area (Å²) < 4.78 is 38.0. The van der Waals surface area contributed by atoms with E-state index in [9.17, 15) is 18.0 Å². The second kappa shape index (κ2) is 6.07. The van der Waals surface area contributed by atoms with Gasteiger partial charge in [0.2, 0.25) is 0 Å². The Morgan fingerprint density at radius 1 is 1.24 bits per heavy atom. The number of carbonyl (C=O) groups is 1. The Labute approximate surface area is 119 Å². The van der Waals surface area contributed by atoms with E-state index in [1.165, 1.54) is 0 Å². The van der Waals surface area contributed by atoms with Crippen molar-refractivity contribution in [2.75, 3.05) is 0 Å². The van der Waals surface area contributed by atoms with Crippen molar-refractivity contribution < 1.29 is 18.0 Å². The maximum absolute atomic E-state index is 12.3. The molecule has 0 aliphatic carbocycles. The minimum Gasteiger partial charge on any atom is -0.282 e. The quantitative estimate of drug-likeness (QED) is 0.795. The first-order valence-electron chi connectivity index (χ1n) is 6.55. The second-order valence-electron chi connectivity index (χ2n) is 4.65. The third-order valence-electron chi connectivity index (χ3n) is 3.00. The summed E-state index contributed by atoms with van der Waals surface area (Å²) in [6, 6.07) is 7.25. The van der Waals surface area contributed by atoms with Crippen LogP contribution in [0.3, 0.4) is 0 Å². The van der Waals surface area contributed by atoms with E-state index >= 15 is 0 Å². The van der Waals surface area contributed by atoms with Crippen molar-refractivity contribution in [2.24, 2.45) is 0 Å². The lowest BCUT2D eigenvalue weighted by Crippen LogP contribution is -2.23. The predicted molar refractivity (Wildman–Crippen MR) is 70.4 cm³/mol. The monoisotopic (exact) mass is 297 g/mol. The van der Waals surface area contributed by atoms with Crippen LogP contribution in [0.2, 0.25) is 0 Å². The third kappa shape index (κ3) is 3.68. The van der Waals surface area contributed by atoms with Crippen molar-refractivity contribution in [3.8, 4) is 5.69 Å². The average molecular weight is 297 g/mol. The number of halogens is 3. The Hall–Kier alpha value is -2.18. The lowest BCUT2D eigenvalue weighted by molar-refractivity contribution is -0.0888. The molecule has 4 nitrogen and oxygen atoms in total. The van der Waals surface area contributed by atoms with Crippen molar-refractivity contribution in [1.29, 1.82) is 0 Å². The molecule has 0 aliphatic rings. The van der Waals surface area contributed by atoms with Gasteiger partial charge in [-0.05, 0) is 30.5 Å². The number of hydrogen-bond acceptors (Lipinski definition) is 3. The van der Waals surface area contributed by atoms with Crippen LogP contribution < -0.4 is 0 Å². The van der Waals surface area contributed by atoms with Crippen LogP contribution >= 0.6 is 0 Å². The molecular weight excluding hydrogens is 283 g/mol. The summed E-state index contributed by atoms with van der Waals surface area (Å²) in [6.07, 6.45) is -0.839. The maximum Gasteiger partial charge on any atom is 0.456 e. The summed E-state index contributed by atoms with van der Waals surface area (Å²) in [5.74, 6) is -1.99. The molecule has 1 aromatic carbocycles. The minimum atomic E-state index is -4.94.